The van der Waals surface area contributed by atoms with Crippen LogP contribution in [-0.2, 0) is 4.79 Å². The average Bonchev–Trinajstić information content (AvgIpc) is 2.43. The van der Waals surface area contributed by atoms with Gasteiger partial charge in [-0.3, -0.25) is 9.69 Å². The minimum atomic E-state index is -0.497. The van der Waals surface area contributed by atoms with Crippen molar-refractivity contribution in [2.75, 3.05) is 25.0 Å². The summed E-state index contributed by atoms with van der Waals surface area (Å²) in [7, 11) is 0. The maximum atomic E-state index is 13.1. The summed E-state index contributed by atoms with van der Waals surface area (Å²) in [5.74, 6) is -0.134. The molecule has 1 amide bonds. The number of carbonyl (C=O) groups is 1. The van der Waals surface area contributed by atoms with Gasteiger partial charge in [0, 0.05) is 18.3 Å². The highest BCUT2D eigenvalue weighted by Gasteiger charge is 2.28. The van der Waals surface area contributed by atoms with Crippen molar-refractivity contribution in [2.45, 2.75) is 25.8 Å². The number of nitrogens with one attached hydrogen (secondary N) is 1. The van der Waals surface area contributed by atoms with E-state index in [9.17, 15) is 9.18 Å². The van der Waals surface area contributed by atoms with E-state index in [2.05, 4.69) is 17.1 Å². The third kappa shape index (κ3) is 4.81. The Labute approximate surface area is 141 Å². The Morgan fingerprint density at radius 3 is 2.91 bits per heavy atom. The summed E-state index contributed by atoms with van der Waals surface area (Å²) in [6.07, 6.45) is 2.22. The molecule has 4 nitrogen and oxygen atoms in total. The van der Waals surface area contributed by atoms with E-state index in [-0.39, 0.29) is 29.4 Å². The first-order valence-electron chi connectivity index (χ1n) is 7.20. The number of rotatable bonds is 4. The van der Waals surface area contributed by atoms with Gasteiger partial charge >= 0.3 is 0 Å². The Morgan fingerprint density at radius 2 is 2.27 bits per heavy atom. The monoisotopic (exact) mass is 349 g/mol. The molecule has 0 spiro atoms. The Kier molecular flexibility index (Phi) is 7.56. The lowest BCUT2D eigenvalue weighted by Gasteiger charge is -2.38. The molecule has 0 aromatic heterocycles. The molecule has 0 saturated carbocycles. The lowest BCUT2D eigenvalue weighted by molar-refractivity contribution is -0.118. The first-order valence-corrected chi connectivity index (χ1v) is 7.58. The van der Waals surface area contributed by atoms with Crippen molar-refractivity contribution >= 4 is 35.6 Å². The number of hydrogen-bond donors (Lipinski definition) is 2. The number of nitrogens with zero attached hydrogens (tertiary/aromatic N) is 1. The highest BCUT2D eigenvalue weighted by molar-refractivity contribution is 6.31. The molecule has 7 heteroatoms. The van der Waals surface area contributed by atoms with Crippen molar-refractivity contribution in [3.8, 4) is 0 Å². The van der Waals surface area contributed by atoms with Crippen LogP contribution < -0.4 is 11.1 Å². The van der Waals surface area contributed by atoms with Crippen molar-refractivity contribution in [3.05, 3.63) is 29.0 Å². The fourth-order valence-corrected chi connectivity index (χ4v) is 3.05. The van der Waals surface area contributed by atoms with E-state index in [4.69, 9.17) is 17.3 Å². The highest BCUT2D eigenvalue weighted by atomic mass is 35.5. The number of halogens is 3. The first kappa shape index (κ1) is 19.2. The molecule has 0 aliphatic carbocycles. The van der Waals surface area contributed by atoms with Crippen LogP contribution in [0.3, 0.4) is 0 Å². The van der Waals surface area contributed by atoms with Crippen LogP contribution in [0.4, 0.5) is 10.1 Å². The van der Waals surface area contributed by atoms with Crippen molar-refractivity contribution in [1.82, 2.24) is 4.90 Å². The third-order valence-electron chi connectivity index (χ3n) is 4.02. The molecule has 2 unspecified atom stereocenters. The van der Waals surface area contributed by atoms with E-state index >= 15 is 0 Å². The van der Waals surface area contributed by atoms with E-state index in [1.165, 1.54) is 18.2 Å². The van der Waals surface area contributed by atoms with Crippen LogP contribution in [0.2, 0.25) is 5.02 Å². The molecule has 1 aliphatic heterocycles. The topological polar surface area (TPSA) is 58.4 Å². The normalized spacial score (nSPS) is 22.0. The molecule has 1 fully saturated rings. The van der Waals surface area contributed by atoms with E-state index in [1.807, 2.05) is 0 Å². The average molecular weight is 350 g/mol. The number of anilines is 1. The predicted molar refractivity (Wildman–Crippen MR) is 90.1 cm³/mol. The van der Waals surface area contributed by atoms with Crippen LogP contribution in [0.5, 0.6) is 0 Å². The molecule has 1 saturated heterocycles. The minimum absolute atomic E-state index is 0. The zero-order chi connectivity index (χ0) is 15.4. The summed E-state index contributed by atoms with van der Waals surface area (Å²) >= 11 is 5.70. The molecule has 3 N–H and O–H groups in total. The molecule has 1 aromatic carbocycles. The largest absolute Gasteiger partial charge is 0.329 e. The van der Waals surface area contributed by atoms with Crippen LogP contribution in [-0.4, -0.2) is 36.5 Å². The van der Waals surface area contributed by atoms with E-state index < -0.39 is 5.82 Å². The summed E-state index contributed by atoms with van der Waals surface area (Å²) in [6, 6.07) is 4.39. The number of piperidine rings is 1. The zero-order valence-electron chi connectivity index (χ0n) is 12.5. The van der Waals surface area contributed by atoms with Gasteiger partial charge in [0.25, 0.3) is 0 Å². The summed E-state index contributed by atoms with van der Waals surface area (Å²) in [4.78, 5) is 14.2. The molecule has 22 heavy (non-hydrogen) atoms. The first-order chi connectivity index (χ1) is 10.0. The molecule has 124 valence electrons. The summed E-state index contributed by atoms with van der Waals surface area (Å²) in [5, 5.41) is 2.74. The van der Waals surface area contributed by atoms with Crippen LogP contribution in [0.1, 0.15) is 19.8 Å². The molecular weight excluding hydrogens is 328 g/mol. The van der Waals surface area contributed by atoms with Gasteiger partial charge in [-0.05, 0) is 43.5 Å². The van der Waals surface area contributed by atoms with E-state index in [1.54, 1.807) is 0 Å². The van der Waals surface area contributed by atoms with Gasteiger partial charge in [-0.2, -0.15) is 0 Å². The molecule has 1 aromatic rings. The number of likely N-dealkylation sites (tertiary alicyclic amines) is 1. The highest BCUT2D eigenvalue weighted by Crippen LogP contribution is 2.23. The fourth-order valence-electron chi connectivity index (χ4n) is 2.87. The lowest BCUT2D eigenvalue weighted by atomic mass is 9.91. The number of nitrogens with two attached hydrogens (primary N) is 1. The molecular formula is C15H22Cl2FN3O. The van der Waals surface area contributed by atoms with E-state index in [0.29, 0.717) is 24.7 Å². The minimum Gasteiger partial charge on any atom is -0.329 e. The van der Waals surface area contributed by atoms with Gasteiger partial charge in [-0.1, -0.05) is 18.5 Å². The van der Waals surface area contributed by atoms with Crippen LogP contribution in [0.25, 0.3) is 0 Å². The van der Waals surface area contributed by atoms with Crippen LogP contribution in [0, 0.1) is 11.7 Å². The summed E-state index contributed by atoms with van der Waals surface area (Å²) in [5.41, 5.74) is 6.32. The van der Waals surface area contributed by atoms with Gasteiger partial charge in [0.15, 0.2) is 0 Å². The summed E-state index contributed by atoms with van der Waals surface area (Å²) < 4.78 is 13.1. The van der Waals surface area contributed by atoms with Gasteiger partial charge in [-0.15, -0.1) is 12.4 Å². The van der Waals surface area contributed by atoms with Gasteiger partial charge in [-0.25, -0.2) is 4.39 Å². The smallest absolute Gasteiger partial charge is 0.238 e. The number of carbonyl (C=O) groups excluding carboxylic acids is 1. The Bertz CT molecular complexity index is 516. The second-order valence-corrected chi connectivity index (χ2v) is 5.98. The molecule has 2 rings (SSSR count). The lowest BCUT2D eigenvalue weighted by Crippen LogP contribution is -2.51. The van der Waals surface area contributed by atoms with Gasteiger partial charge in [0.2, 0.25) is 5.91 Å². The van der Waals surface area contributed by atoms with Gasteiger partial charge in [0.05, 0.1) is 11.6 Å². The van der Waals surface area contributed by atoms with Gasteiger partial charge < -0.3 is 11.1 Å². The number of amides is 1. The SMILES string of the molecule is CC1CCCN(CC(=O)Nc2ccc(F)c(Cl)c2)C1CN.Cl. The number of benzene rings is 1. The maximum absolute atomic E-state index is 13.1. The zero-order valence-corrected chi connectivity index (χ0v) is 14.1. The summed E-state index contributed by atoms with van der Waals surface area (Å²) in [6.45, 7) is 3.89. The Morgan fingerprint density at radius 1 is 1.55 bits per heavy atom. The van der Waals surface area contributed by atoms with Crippen LogP contribution >= 0.6 is 24.0 Å². The van der Waals surface area contributed by atoms with E-state index in [0.717, 1.165) is 19.4 Å². The van der Waals surface area contributed by atoms with Crippen LogP contribution in [0.15, 0.2) is 18.2 Å². The predicted octanol–water partition coefficient (Wildman–Crippen LogP) is 2.90. The standard InChI is InChI=1S/C15H21ClFN3O.ClH/c1-10-3-2-6-20(14(10)8-18)9-15(21)19-11-4-5-13(17)12(16)7-11;/h4-5,7,10,14H,2-3,6,8-9,18H2,1H3,(H,19,21);1H. The van der Waals surface area contributed by atoms with Crippen molar-refractivity contribution < 1.29 is 9.18 Å². The van der Waals surface area contributed by atoms with Crippen molar-refractivity contribution in [1.29, 1.82) is 0 Å². The molecule has 1 aliphatic rings. The molecule has 2 atom stereocenters. The Hall–Kier alpha value is -0.880. The fraction of sp³-hybridized carbons (Fsp3) is 0.533. The molecule has 1 heterocycles. The molecule has 0 bridgehead atoms. The Balaban J connectivity index is 0.00000242. The van der Waals surface area contributed by atoms with Crippen molar-refractivity contribution in [3.63, 3.8) is 0 Å². The van der Waals surface area contributed by atoms with Gasteiger partial charge in [0.1, 0.15) is 5.82 Å². The quantitative estimate of drug-likeness (QED) is 0.878. The van der Waals surface area contributed by atoms with Crippen molar-refractivity contribution in [2.24, 2.45) is 11.7 Å². The molecule has 0 radical (unpaired) electrons. The second-order valence-electron chi connectivity index (χ2n) is 5.57. The number of hydrogen-bond acceptors (Lipinski definition) is 3. The second kappa shape index (κ2) is 8.67. The third-order valence-corrected chi connectivity index (χ3v) is 4.31. The maximum Gasteiger partial charge on any atom is 0.238 e.